The number of nitrogens with zero attached hydrogens (tertiary/aromatic N) is 2. The molecule has 3 aromatic rings. The molecule has 0 saturated heterocycles. The molecule has 0 unspecified atom stereocenters. The first kappa shape index (κ1) is 12.7. The van der Waals surface area contributed by atoms with E-state index in [0.717, 1.165) is 15.9 Å². The van der Waals surface area contributed by atoms with Gasteiger partial charge in [-0.05, 0) is 23.6 Å². The Labute approximate surface area is 117 Å². The van der Waals surface area contributed by atoms with Gasteiger partial charge in [0, 0.05) is 17.7 Å². The van der Waals surface area contributed by atoms with Crippen LogP contribution in [0.1, 0.15) is 15.5 Å². The van der Waals surface area contributed by atoms with E-state index in [4.69, 9.17) is 0 Å². The van der Waals surface area contributed by atoms with Crippen LogP contribution in [0, 0.1) is 5.82 Å². The second-order valence-corrected chi connectivity index (χ2v) is 5.31. The summed E-state index contributed by atoms with van der Waals surface area (Å²) in [6, 6.07) is 6.27. The third kappa shape index (κ3) is 2.67. The van der Waals surface area contributed by atoms with Crippen LogP contribution >= 0.6 is 11.3 Å². The van der Waals surface area contributed by atoms with Crippen LogP contribution in [0.3, 0.4) is 0 Å². The Bertz CT molecular complexity index is 738. The Kier molecular flexibility index (Phi) is 3.42. The summed E-state index contributed by atoms with van der Waals surface area (Å²) in [5.74, 6) is 0.270. The number of carbonyl (C=O) groups excluding carboxylic acids is 1. The van der Waals surface area contributed by atoms with Crippen molar-refractivity contribution in [3.63, 3.8) is 0 Å². The molecule has 0 radical (unpaired) electrons. The minimum absolute atomic E-state index is 0.161. The summed E-state index contributed by atoms with van der Waals surface area (Å²) >= 11 is 1.28. The van der Waals surface area contributed by atoms with Crippen LogP contribution in [0.4, 0.5) is 4.39 Å². The Hall–Kier alpha value is -2.28. The average Bonchev–Trinajstić information content (AvgIpc) is 3.06. The lowest BCUT2D eigenvalue weighted by molar-refractivity contribution is 0.0958. The summed E-state index contributed by atoms with van der Waals surface area (Å²) in [6.45, 7) is 0.469. The first-order chi connectivity index (χ1) is 9.72. The predicted octanol–water partition coefficient (Wildman–Crippen LogP) is 2.13. The molecule has 5 nitrogen and oxygen atoms in total. The first-order valence-corrected chi connectivity index (χ1v) is 6.85. The zero-order valence-corrected chi connectivity index (χ0v) is 11.2. The van der Waals surface area contributed by atoms with Gasteiger partial charge in [-0.3, -0.25) is 9.89 Å². The Morgan fingerprint density at radius 3 is 3.10 bits per heavy atom. The van der Waals surface area contributed by atoms with Crippen LogP contribution in [0.15, 0.2) is 30.6 Å². The number of aromatic amines is 1. The number of carbonyl (C=O) groups is 1. The number of aromatic nitrogens is 3. The zero-order chi connectivity index (χ0) is 13.9. The van der Waals surface area contributed by atoms with Crippen LogP contribution in [-0.2, 0) is 6.42 Å². The van der Waals surface area contributed by atoms with Gasteiger partial charge in [0.1, 0.15) is 18.0 Å². The van der Waals surface area contributed by atoms with E-state index in [1.54, 1.807) is 12.1 Å². The second-order valence-electron chi connectivity index (χ2n) is 4.23. The summed E-state index contributed by atoms with van der Waals surface area (Å²) in [6.07, 6.45) is 2.02. The van der Waals surface area contributed by atoms with E-state index in [1.807, 2.05) is 0 Å². The molecule has 7 heteroatoms. The summed E-state index contributed by atoms with van der Waals surface area (Å²) < 4.78 is 13.9. The molecule has 0 atom stereocenters. The summed E-state index contributed by atoms with van der Waals surface area (Å²) in [4.78, 5) is 16.5. The fourth-order valence-electron chi connectivity index (χ4n) is 1.85. The number of thiophene rings is 1. The third-order valence-corrected chi connectivity index (χ3v) is 3.91. The average molecular weight is 290 g/mol. The van der Waals surface area contributed by atoms with Gasteiger partial charge >= 0.3 is 0 Å². The van der Waals surface area contributed by atoms with Crippen molar-refractivity contribution < 1.29 is 9.18 Å². The topological polar surface area (TPSA) is 70.7 Å². The van der Waals surface area contributed by atoms with Crippen LogP contribution in [0.25, 0.3) is 10.1 Å². The molecule has 0 aliphatic carbocycles. The van der Waals surface area contributed by atoms with Gasteiger partial charge in [0.25, 0.3) is 5.91 Å². The normalized spacial score (nSPS) is 10.8. The summed E-state index contributed by atoms with van der Waals surface area (Å²) in [7, 11) is 0. The standard InChI is InChI=1S/C13H11FN4OS/c14-9-2-1-8-5-11(20-10(8)6-9)13(19)15-4-3-12-16-7-17-18-12/h1-2,5-7H,3-4H2,(H,15,19)(H,16,17,18). The smallest absolute Gasteiger partial charge is 0.261 e. The van der Waals surface area contributed by atoms with Gasteiger partial charge in [0.2, 0.25) is 0 Å². The molecule has 0 saturated carbocycles. The first-order valence-electron chi connectivity index (χ1n) is 6.04. The molecular weight excluding hydrogens is 279 g/mol. The van der Waals surface area contributed by atoms with Crippen molar-refractivity contribution in [1.29, 1.82) is 0 Å². The number of hydrogen-bond donors (Lipinski definition) is 2. The number of amides is 1. The fourth-order valence-corrected chi connectivity index (χ4v) is 2.85. The summed E-state index contributed by atoms with van der Waals surface area (Å²) in [5, 5.41) is 10.1. The number of hydrogen-bond acceptors (Lipinski definition) is 4. The zero-order valence-electron chi connectivity index (χ0n) is 10.4. The molecule has 102 valence electrons. The molecule has 2 heterocycles. The third-order valence-electron chi connectivity index (χ3n) is 2.82. The van der Waals surface area contributed by atoms with Gasteiger partial charge < -0.3 is 5.32 Å². The molecule has 0 spiro atoms. The Morgan fingerprint density at radius 2 is 2.30 bits per heavy atom. The largest absolute Gasteiger partial charge is 0.351 e. The van der Waals surface area contributed by atoms with Crippen molar-refractivity contribution >= 4 is 27.3 Å². The molecular formula is C13H11FN4OS. The maximum atomic E-state index is 13.1. The van der Waals surface area contributed by atoms with Crippen molar-refractivity contribution in [2.75, 3.05) is 6.54 Å². The van der Waals surface area contributed by atoms with Crippen molar-refractivity contribution in [2.24, 2.45) is 0 Å². The number of nitrogens with one attached hydrogen (secondary N) is 2. The van der Waals surface area contributed by atoms with Crippen molar-refractivity contribution in [3.8, 4) is 0 Å². The number of H-pyrrole nitrogens is 1. The SMILES string of the molecule is O=C(NCCc1ncn[nH]1)c1cc2ccc(F)cc2s1. The molecule has 0 aliphatic rings. The number of benzene rings is 1. The Balaban J connectivity index is 1.66. The molecule has 0 fully saturated rings. The van der Waals surface area contributed by atoms with Crippen molar-refractivity contribution in [2.45, 2.75) is 6.42 Å². The van der Waals surface area contributed by atoms with E-state index in [9.17, 15) is 9.18 Å². The minimum Gasteiger partial charge on any atom is -0.351 e. The molecule has 0 bridgehead atoms. The summed E-state index contributed by atoms with van der Waals surface area (Å²) in [5.41, 5.74) is 0. The molecule has 2 N–H and O–H groups in total. The molecule has 2 aromatic heterocycles. The minimum atomic E-state index is -0.295. The highest BCUT2D eigenvalue weighted by Crippen LogP contribution is 2.26. The van der Waals surface area contributed by atoms with Gasteiger partial charge in [0.15, 0.2) is 0 Å². The van der Waals surface area contributed by atoms with Crippen LogP contribution < -0.4 is 5.32 Å². The van der Waals surface area contributed by atoms with Gasteiger partial charge in [-0.1, -0.05) is 6.07 Å². The van der Waals surface area contributed by atoms with Gasteiger partial charge in [-0.2, -0.15) is 5.10 Å². The predicted molar refractivity (Wildman–Crippen MR) is 74.2 cm³/mol. The number of fused-ring (bicyclic) bond motifs is 1. The molecule has 1 amide bonds. The van der Waals surface area contributed by atoms with E-state index in [2.05, 4.69) is 20.5 Å². The lowest BCUT2D eigenvalue weighted by atomic mass is 10.2. The van der Waals surface area contributed by atoms with E-state index < -0.39 is 0 Å². The highest BCUT2D eigenvalue weighted by molar-refractivity contribution is 7.20. The maximum absolute atomic E-state index is 13.1. The molecule has 3 rings (SSSR count). The van der Waals surface area contributed by atoms with E-state index in [1.165, 1.54) is 29.8 Å². The van der Waals surface area contributed by atoms with Gasteiger partial charge in [-0.15, -0.1) is 11.3 Å². The quantitative estimate of drug-likeness (QED) is 0.773. The van der Waals surface area contributed by atoms with Crippen LogP contribution in [0.5, 0.6) is 0 Å². The lowest BCUT2D eigenvalue weighted by Gasteiger charge is -2.00. The van der Waals surface area contributed by atoms with E-state index >= 15 is 0 Å². The Morgan fingerprint density at radius 1 is 1.40 bits per heavy atom. The van der Waals surface area contributed by atoms with Crippen LogP contribution in [-0.4, -0.2) is 27.6 Å². The van der Waals surface area contributed by atoms with Crippen LogP contribution in [0.2, 0.25) is 0 Å². The highest BCUT2D eigenvalue weighted by atomic mass is 32.1. The monoisotopic (exact) mass is 290 g/mol. The van der Waals surface area contributed by atoms with Gasteiger partial charge in [0.05, 0.1) is 4.88 Å². The van der Waals surface area contributed by atoms with Crippen molar-refractivity contribution in [3.05, 3.63) is 47.1 Å². The number of halogens is 1. The van der Waals surface area contributed by atoms with E-state index in [0.29, 0.717) is 17.8 Å². The molecule has 20 heavy (non-hydrogen) atoms. The fraction of sp³-hybridized carbons (Fsp3) is 0.154. The van der Waals surface area contributed by atoms with Gasteiger partial charge in [-0.25, -0.2) is 9.37 Å². The highest BCUT2D eigenvalue weighted by Gasteiger charge is 2.10. The molecule has 0 aliphatic heterocycles. The molecule has 1 aromatic carbocycles. The lowest BCUT2D eigenvalue weighted by Crippen LogP contribution is -2.25. The van der Waals surface area contributed by atoms with E-state index in [-0.39, 0.29) is 11.7 Å². The number of rotatable bonds is 4. The van der Waals surface area contributed by atoms with Crippen molar-refractivity contribution in [1.82, 2.24) is 20.5 Å². The second kappa shape index (κ2) is 5.38. The maximum Gasteiger partial charge on any atom is 0.261 e.